The average molecular weight is 489 g/mol. The standard InChI is InChI=1S/C25H33FN4O5/c1-14-7-11-30(12-8-14)10-4-9-27-25(35)29-19-13-17(5-6-18(19)26)22-20(23(31)32)15(2)28-16(3)21(22)24(33)34/h5-6,13-14,22,28H,4,7-12H2,1-3H3,(H,31,32)(H,33,34)(H2,27,29,35). The van der Waals surface area contributed by atoms with Gasteiger partial charge in [0.25, 0.3) is 0 Å². The van der Waals surface area contributed by atoms with Gasteiger partial charge in [-0.3, -0.25) is 0 Å². The molecule has 0 atom stereocenters. The molecule has 1 fully saturated rings. The van der Waals surface area contributed by atoms with Crippen LogP contribution in [0.4, 0.5) is 14.9 Å². The molecule has 2 aliphatic rings. The Bertz CT molecular complexity index is 1020. The molecule has 1 saturated heterocycles. The van der Waals surface area contributed by atoms with Crippen molar-refractivity contribution in [2.24, 2.45) is 5.92 Å². The largest absolute Gasteiger partial charge is 0.478 e. The minimum Gasteiger partial charge on any atom is -0.478 e. The van der Waals surface area contributed by atoms with Crippen molar-refractivity contribution in [3.05, 3.63) is 52.1 Å². The molecule has 9 nitrogen and oxygen atoms in total. The van der Waals surface area contributed by atoms with E-state index in [1.807, 2.05) is 0 Å². The number of rotatable bonds is 8. The van der Waals surface area contributed by atoms with E-state index in [1.54, 1.807) is 13.8 Å². The Morgan fingerprint density at radius 3 is 2.26 bits per heavy atom. The number of nitrogens with one attached hydrogen (secondary N) is 3. The number of nitrogens with zero attached hydrogens (tertiary/aromatic N) is 1. The molecule has 2 heterocycles. The number of urea groups is 1. The molecular formula is C25H33FN4O5. The van der Waals surface area contributed by atoms with Crippen molar-refractivity contribution >= 4 is 23.7 Å². The Kier molecular flexibility index (Phi) is 8.50. The fourth-order valence-electron chi connectivity index (χ4n) is 4.67. The number of halogens is 1. The highest BCUT2D eigenvalue weighted by Gasteiger charge is 2.36. The summed E-state index contributed by atoms with van der Waals surface area (Å²) in [7, 11) is 0. The first-order chi connectivity index (χ1) is 16.6. The highest BCUT2D eigenvalue weighted by molar-refractivity contribution is 5.98. The van der Waals surface area contributed by atoms with Gasteiger partial charge in [0, 0.05) is 17.9 Å². The lowest BCUT2D eigenvalue weighted by Crippen LogP contribution is -2.36. The van der Waals surface area contributed by atoms with E-state index < -0.39 is 29.7 Å². The number of amides is 2. The quantitative estimate of drug-likeness (QED) is 0.354. The molecule has 2 amide bonds. The molecule has 0 aliphatic carbocycles. The number of anilines is 1. The van der Waals surface area contributed by atoms with Crippen molar-refractivity contribution in [1.29, 1.82) is 0 Å². The smallest absolute Gasteiger partial charge is 0.334 e. The number of likely N-dealkylation sites (tertiary alicyclic amines) is 1. The number of carboxylic acids is 2. The highest BCUT2D eigenvalue weighted by atomic mass is 19.1. The lowest BCUT2D eigenvalue weighted by atomic mass is 9.80. The third-order valence-corrected chi connectivity index (χ3v) is 6.61. The van der Waals surface area contributed by atoms with Gasteiger partial charge in [0.1, 0.15) is 5.82 Å². The number of allylic oxidation sites excluding steroid dienone is 2. The SMILES string of the molecule is CC1=C(C(=O)O)C(c2ccc(F)c(NC(=O)NCCCN3CCC(C)CC3)c2)C(C(=O)O)=C(C)N1. The Hall–Kier alpha value is -3.40. The second-order valence-electron chi connectivity index (χ2n) is 9.24. The molecule has 1 aromatic rings. The maximum Gasteiger partial charge on any atom is 0.334 e. The summed E-state index contributed by atoms with van der Waals surface area (Å²) in [4.78, 5) is 38.7. The summed E-state index contributed by atoms with van der Waals surface area (Å²) < 4.78 is 14.5. The number of carbonyl (C=O) groups excluding carboxylic acids is 1. The van der Waals surface area contributed by atoms with E-state index in [-0.39, 0.29) is 22.4 Å². The Morgan fingerprint density at radius 1 is 1.09 bits per heavy atom. The molecule has 0 bridgehead atoms. The molecule has 0 unspecified atom stereocenters. The van der Waals surface area contributed by atoms with Crippen LogP contribution in [0.2, 0.25) is 0 Å². The highest BCUT2D eigenvalue weighted by Crippen LogP contribution is 2.39. The Labute approximate surface area is 204 Å². The fraction of sp³-hybridized carbons (Fsp3) is 0.480. The van der Waals surface area contributed by atoms with E-state index in [1.165, 1.54) is 25.0 Å². The second kappa shape index (κ2) is 11.4. The van der Waals surface area contributed by atoms with E-state index in [9.17, 15) is 29.0 Å². The van der Waals surface area contributed by atoms with E-state index in [2.05, 4.69) is 27.8 Å². The molecule has 5 N–H and O–H groups in total. The van der Waals surface area contributed by atoms with Gasteiger partial charge >= 0.3 is 18.0 Å². The summed E-state index contributed by atoms with van der Waals surface area (Å²) in [6.07, 6.45) is 3.12. The van der Waals surface area contributed by atoms with Gasteiger partial charge < -0.3 is 31.1 Å². The van der Waals surface area contributed by atoms with Crippen LogP contribution in [0.3, 0.4) is 0 Å². The second-order valence-corrected chi connectivity index (χ2v) is 9.24. The molecule has 0 spiro atoms. The van der Waals surface area contributed by atoms with Gasteiger partial charge in [0.2, 0.25) is 0 Å². The Morgan fingerprint density at radius 2 is 1.69 bits per heavy atom. The van der Waals surface area contributed by atoms with Crippen molar-refractivity contribution in [2.45, 2.75) is 46.0 Å². The number of benzene rings is 1. The maximum atomic E-state index is 14.5. The van der Waals surface area contributed by atoms with Gasteiger partial charge in [-0.15, -0.1) is 0 Å². The van der Waals surface area contributed by atoms with Gasteiger partial charge in [-0.25, -0.2) is 18.8 Å². The minimum absolute atomic E-state index is 0.151. The van der Waals surface area contributed by atoms with Gasteiger partial charge in [-0.05, 0) is 76.4 Å². The van der Waals surface area contributed by atoms with Crippen LogP contribution in [0.1, 0.15) is 51.5 Å². The maximum absolute atomic E-state index is 14.5. The van der Waals surface area contributed by atoms with E-state index in [0.29, 0.717) is 17.9 Å². The molecular weight excluding hydrogens is 455 g/mol. The first kappa shape index (κ1) is 26.2. The van der Waals surface area contributed by atoms with Crippen LogP contribution >= 0.6 is 0 Å². The first-order valence-corrected chi connectivity index (χ1v) is 11.8. The normalized spacial score (nSPS) is 17.8. The van der Waals surface area contributed by atoms with Crippen LogP contribution in [0.15, 0.2) is 40.7 Å². The molecule has 0 aromatic heterocycles. The predicted molar refractivity (Wildman–Crippen MR) is 129 cm³/mol. The molecule has 3 rings (SSSR count). The average Bonchev–Trinajstić information content (AvgIpc) is 2.78. The van der Waals surface area contributed by atoms with Crippen LogP contribution in [-0.4, -0.2) is 59.3 Å². The van der Waals surface area contributed by atoms with Crippen LogP contribution in [0.25, 0.3) is 0 Å². The molecule has 2 aliphatic heterocycles. The number of carbonyl (C=O) groups is 3. The van der Waals surface area contributed by atoms with E-state index >= 15 is 0 Å². The lowest BCUT2D eigenvalue weighted by Gasteiger charge is -2.30. The van der Waals surface area contributed by atoms with Crippen LogP contribution in [0.5, 0.6) is 0 Å². The van der Waals surface area contributed by atoms with Crippen molar-refractivity contribution in [3.8, 4) is 0 Å². The van der Waals surface area contributed by atoms with Gasteiger partial charge in [0.05, 0.1) is 22.8 Å². The number of carboxylic acid groups (broad SMARTS) is 2. The summed E-state index contributed by atoms with van der Waals surface area (Å²) in [5.41, 5.74) is 0.378. The van der Waals surface area contributed by atoms with Gasteiger partial charge in [-0.1, -0.05) is 13.0 Å². The van der Waals surface area contributed by atoms with Gasteiger partial charge in [0.15, 0.2) is 0 Å². The minimum atomic E-state index is -1.29. The summed E-state index contributed by atoms with van der Waals surface area (Å²) in [6, 6.07) is 3.12. The van der Waals surface area contributed by atoms with E-state index in [0.717, 1.165) is 38.0 Å². The predicted octanol–water partition coefficient (Wildman–Crippen LogP) is 3.47. The van der Waals surface area contributed by atoms with E-state index in [4.69, 9.17) is 0 Å². The number of piperidine rings is 1. The van der Waals surface area contributed by atoms with Crippen molar-refractivity contribution < 1.29 is 29.0 Å². The zero-order chi connectivity index (χ0) is 25.7. The van der Waals surface area contributed by atoms with Crippen LogP contribution < -0.4 is 16.0 Å². The molecule has 0 saturated carbocycles. The van der Waals surface area contributed by atoms with Crippen LogP contribution in [0, 0.1) is 11.7 Å². The lowest BCUT2D eigenvalue weighted by molar-refractivity contribution is -0.133. The topological polar surface area (TPSA) is 131 Å². The van der Waals surface area contributed by atoms with Crippen molar-refractivity contribution in [2.75, 3.05) is 31.5 Å². The zero-order valence-electron chi connectivity index (χ0n) is 20.3. The summed E-state index contributed by atoms with van der Waals surface area (Å²) in [5.74, 6) is -3.67. The number of hydrogen-bond donors (Lipinski definition) is 5. The number of dihydropyridines is 1. The van der Waals surface area contributed by atoms with Crippen molar-refractivity contribution in [3.63, 3.8) is 0 Å². The van der Waals surface area contributed by atoms with Crippen LogP contribution in [-0.2, 0) is 9.59 Å². The summed E-state index contributed by atoms with van der Waals surface area (Å²) in [5, 5.41) is 27.5. The molecule has 10 heteroatoms. The zero-order valence-corrected chi connectivity index (χ0v) is 20.3. The number of hydrogen-bond acceptors (Lipinski definition) is 5. The summed E-state index contributed by atoms with van der Waals surface area (Å²) >= 11 is 0. The monoisotopic (exact) mass is 488 g/mol. The number of aliphatic carboxylic acids is 2. The first-order valence-electron chi connectivity index (χ1n) is 11.8. The molecule has 1 aromatic carbocycles. The molecule has 0 radical (unpaired) electrons. The third kappa shape index (κ3) is 6.39. The van der Waals surface area contributed by atoms with Gasteiger partial charge in [-0.2, -0.15) is 0 Å². The fourth-order valence-corrected chi connectivity index (χ4v) is 4.67. The molecule has 35 heavy (non-hydrogen) atoms. The summed E-state index contributed by atoms with van der Waals surface area (Å²) in [6.45, 7) is 8.74. The third-order valence-electron chi connectivity index (χ3n) is 6.61. The Balaban J connectivity index is 1.70. The molecule has 190 valence electrons. The van der Waals surface area contributed by atoms with Crippen molar-refractivity contribution in [1.82, 2.24) is 15.5 Å².